The highest BCUT2D eigenvalue weighted by molar-refractivity contribution is 6.42. The van der Waals surface area contributed by atoms with E-state index in [0.717, 1.165) is 0 Å². The normalized spacial score (nSPS) is 14.1. The first-order valence-corrected chi connectivity index (χ1v) is 6.52. The zero-order chi connectivity index (χ0) is 13.9. The summed E-state index contributed by atoms with van der Waals surface area (Å²) in [4.78, 5) is 12.2. The topological polar surface area (TPSA) is 40.9 Å². The second-order valence-electron chi connectivity index (χ2n) is 4.67. The van der Waals surface area contributed by atoms with Gasteiger partial charge in [-0.25, -0.2) is 0 Å². The van der Waals surface area contributed by atoms with Gasteiger partial charge in [0.1, 0.15) is 5.92 Å². The summed E-state index contributed by atoms with van der Waals surface area (Å²) in [6.45, 7) is 5.77. The predicted molar refractivity (Wildman–Crippen MR) is 73.8 cm³/mol. The van der Waals surface area contributed by atoms with Gasteiger partial charge in [-0.2, -0.15) is 5.26 Å². The molecule has 0 aliphatic heterocycles. The summed E-state index contributed by atoms with van der Waals surface area (Å²) in [5, 5.41) is 9.97. The maximum atomic E-state index is 12.2. The van der Waals surface area contributed by atoms with Crippen LogP contribution in [-0.4, -0.2) is 5.78 Å². The van der Waals surface area contributed by atoms with Crippen molar-refractivity contribution in [3.63, 3.8) is 0 Å². The van der Waals surface area contributed by atoms with Crippen LogP contribution >= 0.6 is 23.2 Å². The summed E-state index contributed by atoms with van der Waals surface area (Å²) in [7, 11) is 0. The number of carbonyl (C=O) groups excluding carboxylic acids is 1. The fourth-order valence-electron chi connectivity index (χ4n) is 1.59. The van der Waals surface area contributed by atoms with E-state index in [4.69, 9.17) is 23.2 Å². The highest BCUT2D eigenvalue weighted by Crippen LogP contribution is 2.29. The molecule has 0 amide bonds. The lowest BCUT2D eigenvalue weighted by molar-refractivity contribution is -0.123. The van der Waals surface area contributed by atoms with Crippen LogP contribution in [-0.2, 0) is 4.79 Å². The Bertz CT molecular complexity index is 491. The van der Waals surface area contributed by atoms with Crippen LogP contribution in [0, 0.1) is 23.2 Å². The summed E-state index contributed by atoms with van der Waals surface area (Å²) in [5.74, 6) is -0.816. The van der Waals surface area contributed by atoms with Crippen LogP contribution in [0.3, 0.4) is 0 Å². The van der Waals surface area contributed by atoms with E-state index in [9.17, 15) is 10.1 Å². The fraction of sp³-hybridized carbons (Fsp3) is 0.429. The molecule has 0 N–H and O–H groups in total. The molecule has 1 aromatic carbocycles. The molecule has 2 atom stereocenters. The number of rotatable bonds is 4. The summed E-state index contributed by atoms with van der Waals surface area (Å²) in [6.07, 6.45) is 0. The van der Waals surface area contributed by atoms with E-state index < -0.39 is 5.92 Å². The highest BCUT2D eigenvalue weighted by atomic mass is 35.5. The van der Waals surface area contributed by atoms with E-state index in [1.54, 1.807) is 18.2 Å². The minimum absolute atomic E-state index is 0.0779. The van der Waals surface area contributed by atoms with Crippen molar-refractivity contribution in [2.45, 2.75) is 26.7 Å². The molecular formula is C14H15Cl2NO. The molecule has 0 bridgehead atoms. The average molecular weight is 284 g/mol. The van der Waals surface area contributed by atoms with Gasteiger partial charge in [0.25, 0.3) is 0 Å². The number of hydrogen-bond acceptors (Lipinski definition) is 2. The summed E-state index contributed by atoms with van der Waals surface area (Å²) in [5.41, 5.74) is 0.601. The van der Waals surface area contributed by atoms with Gasteiger partial charge in [-0.15, -0.1) is 0 Å². The smallest absolute Gasteiger partial charge is 0.157 e. The lowest BCUT2D eigenvalue weighted by Gasteiger charge is -2.18. The van der Waals surface area contributed by atoms with Crippen molar-refractivity contribution in [2.75, 3.05) is 0 Å². The Morgan fingerprint density at radius 3 is 2.28 bits per heavy atom. The molecule has 1 aromatic rings. The third-order valence-corrected chi connectivity index (χ3v) is 3.88. The van der Waals surface area contributed by atoms with Crippen molar-refractivity contribution < 1.29 is 4.79 Å². The molecule has 0 saturated carbocycles. The van der Waals surface area contributed by atoms with Crippen molar-refractivity contribution in [3.05, 3.63) is 33.8 Å². The first kappa shape index (κ1) is 15.0. The van der Waals surface area contributed by atoms with Gasteiger partial charge >= 0.3 is 0 Å². The van der Waals surface area contributed by atoms with Gasteiger partial charge in [0.15, 0.2) is 5.78 Å². The summed E-state index contributed by atoms with van der Waals surface area (Å²) >= 11 is 11.7. The number of benzene rings is 1. The lowest BCUT2D eigenvalue weighted by Crippen LogP contribution is -2.23. The van der Waals surface area contributed by atoms with Crippen LogP contribution in [0.15, 0.2) is 18.2 Å². The molecule has 0 saturated heterocycles. The van der Waals surface area contributed by atoms with Gasteiger partial charge in [0, 0.05) is 5.92 Å². The van der Waals surface area contributed by atoms with Crippen molar-refractivity contribution in [2.24, 2.45) is 11.8 Å². The minimum Gasteiger partial charge on any atom is -0.298 e. The molecule has 0 heterocycles. The SMILES string of the molecule is CC(C)C(C)C(=O)C(C#N)c1ccc(Cl)c(Cl)c1. The summed E-state index contributed by atoms with van der Waals surface area (Å²) in [6, 6.07) is 6.92. The Morgan fingerprint density at radius 1 is 1.22 bits per heavy atom. The van der Waals surface area contributed by atoms with E-state index in [-0.39, 0.29) is 17.6 Å². The van der Waals surface area contributed by atoms with Gasteiger partial charge in [0.05, 0.1) is 16.1 Å². The molecule has 18 heavy (non-hydrogen) atoms. The van der Waals surface area contributed by atoms with Gasteiger partial charge in [-0.3, -0.25) is 4.79 Å². The Balaban J connectivity index is 3.07. The molecule has 2 nitrogen and oxygen atoms in total. The monoisotopic (exact) mass is 283 g/mol. The number of ketones is 1. The van der Waals surface area contributed by atoms with Gasteiger partial charge < -0.3 is 0 Å². The van der Waals surface area contributed by atoms with Gasteiger partial charge in [-0.1, -0.05) is 50.0 Å². The highest BCUT2D eigenvalue weighted by Gasteiger charge is 2.27. The van der Waals surface area contributed by atoms with E-state index in [1.165, 1.54) is 0 Å². The van der Waals surface area contributed by atoms with Crippen molar-refractivity contribution in [1.29, 1.82) is 5.26 Å². The largest absolute Gasteiger partial charge is 0.298 e. The Morgan fingerprint density at radius 2 is 1.83 bits per heavy atom. The lowest BCUT2D eigenvalue weighted by atomic mass is 9.84. The van der Waals surface area contributed by atoms with Crippen LogP contribution in [0.4, 0.5) is 0 Å². The molecule has 4 heteroatoms. The number of nitriles is 1. The number of Topliss-reactive ketones (excluding diaryl/α,β-unsaturated/α-hetero) is 1. The number of halogens is 2. The maximum absolute atomic E-state index is 12.2. The number of hydrogen-bond donors (Lipinski definition) is 0. The van der Waals surface area contributed by atoms with Crippen LogP contribution in [0.5, 0.6) is 0 Å². The van der Waals surface area contributed by atoms with E-state index in [0.29, 0.717) is 15.6 Å². The molecular weight excluding hydrogens is 269 g/mol. The Labute approximate surface area is 118 Å². The zero-order valence-electron chi connectivity index (χ0n) is 10.6. The first-order valence-electron chi connectivity index (χ1n) is 5.76. The Hall–Kier alpha value is -1.04. The summed E-state index contributed by atoms with van der Waals surface area (Å²) < 4.78 is 0. The average Bonchev–Trinajstić information content (AvgIpc) is 2.33. The zero-order valence-corrected chi connectivity index (χ0v) is 12.1. The maximum Gasteiger partial charge on any atom is 0.157 e. The quantitative estimate of drug-likeness (QED) is 0.818. The van der Waals surface area contributed by atoms with Crippen LogP contribution in [0.2, 0.25) is 10.0 Å². The number of nitrogens with zero attached hydrogens (tertiary/aromatic N) is 1. The minimum atomic E-state index is -0.780. The third kappa shape index (κ3) is 3.25. The first-order chi connectivity index (χ1) is 8.38. The third-order valence-electron chi connectivity index (χ3n) is 3.14. The standard InChI is InChI=1S/C14H15Cl2NO/c1-8(2)9(3)14(18)11(7-17)10-4-5-12(15)13(16)6-10/h4-6,8-9,11H,1-3H3. The number of carbonyl (C=O) groups is 1. The van der Waals surface area contributed by atoms with E-state index in [2.05, 4.69) is 0 Å². The molecule has 0 aliphatic carbocycles. The molecule has 2 unspecified atom stereocenters. The van der Waals surface area contributed by atoms with E-state index in [1.807, 2.05) is 26.8 Å². The molecule has 1 rings (SSSR count). The second-order valence-corrected chi connectivity index (χ2v) is 5.49. The molecule has 0 aromatic heterocycles. The van der Waals surface area contributed by atoms with E-state index >= 15 is 0 Å². The van der Waals surface area contributed by atoms with Crippen molar-refractivity contribution in [1.82, 2.24) is 0 Å². The Kier molecular flexibility index (Phi) is 5.19. The van der Waals surface area contributed by atoms with Crippen LogP contribution < -0.4 is 0 Å². The fourth-order valence-corrected chi connectivity index (χ4v) is 1.89. The van der Waals surface area contributed by atoms with Gasteiger partial charge in [0.2, 0.25) is 0 Å². The van der Waals surface area contributed by atoms with Crippen molar-refractivity contribution in [3.8, 4) is 6.07 Å². The van der Waals surface area contributed by atoms with Gasteiger partial charge in [-0.05, 0) is 23.6 Å². The molecule has 0 radical (unpaired) electrons. The van der Waals surface area contributed by atoms with Crippen LogP contribution in [0.1, 0.15) is 32.3 Å². The second kappa shape index (κ2) is 6.22. The molecule has 0 aliphatic rings. The molecule has 0 spiro atoms. The predicted octanol–water partition coefficient (Wildman–Crippen LogP) is 4.46. The molecule has 0 fully saturated rings. The molecule has 96 valence electrons. The van der Waals surface area contributed by atoms with Crippen molar-refractivity contribution >= 4 is 29.0 Å². The van der Waals surface area contributed by atoms with Crippen LogP contribution in [0.25, 0.3) is 0 Å².